The van der Waals surface area contributed by atoms with Crippen LogP contribution in [0.25, 0.3) is 0 Å². The first kappa shape index (κ1) is 15.7. The predicted octanol–water partition coefficient (Wildman–Crippen LogP) is 1.20. The van der Waals surface area contributed by atoms with E-state index in [-0.39, 0.29) is 17.9 Å². The Morgan fingerprint density at radius 3 is 2.77 bits per heavy atom. The van der Waals surface area contributed by atoms with Crippen LogP contribution in [0.5, 0.6) is 0 Å². The van der Waals surface area contributed by atoms with E-state index in [2.05, 4.69) is 15.0 Å². The van der Waals surface area contributed by atoms with E-state index < -0.39 is 23.4 Å². The van der Waals surface area contributed by atoms with Gasteiger partial charge in [-0.2, -0.15) is 0 Å². The monoisotopic (exact) mass is 307 g/mol. The van der Waals surface area contributed by atoms with Gasteiger partial charge in [-0.3, -0.25) is 10.1 Å². The first-order chi connectivity index (χ1) is 10.4. The van der Waals surface area contributed by atoms with Crippen LogP contribution in [-0.2, 0) is 9.53 Å². The summed E-state index contributed by atoms with van der Waals surface area (Å²) < 4.78 is 4.59. The highest BCUT2D eigenvalue weighted by Crippen LogP contribution is 2.30. The van der Waals surface area contributed by atoms with Gasteiger partial charge >= 0.3 is 18.0 Å². The van der Waals surface area contributed by atoms with Gasteiger partial charge in [-0.05, 0) is 25.5 Å². The number of nitrogens with one attached hydrogen (secondary N) is 1. The molecule has 1 aromatic rings. The van der Waals surface area contributed by atoms with Crippen LogP contribution in [0.2, 0.25) is 0 Å². The molecule has 0 saturated carbocycles. The number of anilines is 1. The van der Waals surface area contributed by atoms with Gasteiger partial charge in [0.2, 0.25) is 0 Å². The number of amides is 2. The summed E-state index contributed by atoms with van der Waals surface area (Å²) in [7, 11) is 1.26. The number of methoxy groups -OCH3 is 1. The molecule has 0 aromatic carbocycles. The van der Waals surface area contributed by atoms with Crippen LogP contribution in [-0.4, -0.2) is 53.2 Å². The molecule has 8 nitrogen and oxygen atoms in total. The Morgan fingerprint density at radius 2 is 2.18 bits per heavy atom. The van der Waals surface area contributed by atoms with E-state index in [9.17, 15) is 14.4 Å². The second kappa shape index (κ2) is 6.00. The third-order valence-corrected chi connectivity index (χ3v) is 3.69. The van der Waals surface area contributed by atoms with Gasteiger partial charge in [0.15, 0.2) is 0 Å². The van der Waals surface area contributed by atoms with Crippen molar-refractivity contribution in [3.63, 3.8) is 0 Å². The molecule has 0 radical (unpaired) electrons. The maximum absolute atomic E-state index is 12.1. The van der Waals surface area contributed by atoms with E-state index in [1.54, 1.807) is 6.92 Å². The Labute approximate surface area is 127 Å². The minimum atomic E-state index is -0.932. The molecule has 0 spiro atoms. The van der Waals surface area contributed by atoms with Gasteiger partial charge in [-0.25, -0.2) is 14.6 Å². The highest BCUT2D eigenvalue weighted by molar-refractivity contribution is 5.93. The number of urea groups is 1. The van der Waals surface area contributed by atoms with Crippen LogP contribution in [0.4, 0.5) is 10.6 Å². The summed E-state index contributed by atoms with van der Waals surface area (Å²) in [5.41, 5.74) is -0.664. The molecule has 118 valence electrons. The van der Waals surface area contributed by atoms with Crippen LogP contribution in [0, 0.1) is 5.41 Å². The van der Waals surface area contributed by atoms with Gasteiger partial charge in [-0.1, -0.05) is 0 Å². The first-order valence-electron chi connectivity index (χ1n) is 6.69. The molecule has 1 saturated heterocycles. The summed E-state index contributed by atoms with van der Waals surface area (Å²) in [6.45, 7) is 2.09. The third-order valence-electron chi connectivity index (χ3n) is 3.69. The van der Waals surface area contributed by atoms with Crippen molar-refractivity contribution in [1.29, 1.82) is 0 Å². The zero-order valence-corrected chi connectivity index (χ0v) is 12.3. The SMILES string of the molecule is COC(=O)c1ccnc(NC(=O)N2CCC(C)(C(=O)O)C2)c1. The lowest BCUT2D eigenvalue weighted by atomic mass is 9.90. The van der Waals surface area contributed by atoms with E-state index in [0.717, 1.165) is 0 Å². The second-order valence-corrected chi connectivity index (χ2v) is 5.39. The predicted molar refractivity (Wildman–Crippen MR) is 76.5 cm³/mol. The molecule has 1 aliphatic heterocycles. The Morgan fingerprint density at radius 1 is 1.45 bits per heavy atom. The number of carbonyl (C=O) groups excluding carboxylic acids is 2. The minimum Gasteiger partial charge on any atom is -0.481 e. The summed E-state index contributed by atoms with van der Waals surface area (Å²) in [5, 5.41) is 11.7. The van der Waals surface area contributed by atoms with Crippen molar-refractivity contribution in [3.8, 4) is 0 Å². The standard InChI is InChI=1S/C14H17N3O5/c1-14(12(19)20)4-6-17(8-14)13(21)16-10-7-9(3-5-15-10)11(18)22-2/h3,5,7H,4,6,8H2,1-2H3,(H,19,20)(H,15,16,21). The van der Waals surface area contributed by atoms with Crippen molar-refractivity contribution in [2.24, 2.45) is 5.41 Å². The van der Waals surface area contributed by atoms with Crippen molar-refractivity contribution in [2.45, 2.75) is 13.3 Å². The van der Waals surface area contributed by atoms with E-state index in [1.807, 2.05) is 0 Å². The Kier molecular flexibility index (Phi) is 4.30. The number of carboxylic acids is 1. The zero-order valence-electron chi connectivity index (χ0n) is 12.3. The smallest absolute Gasteiger partial charge is 0.338 e. The number of nitrogens with zero attached hydrogens (tertiary/aromatic N) is 2. The lowest BCUT2D eigenvalue weighted by molar-refractivity contribution is -0.146. The molecular weight excluding hydrogens is 290 g/mol. The van der Waals surface area contributed by atoms with Crippen LogP contribution >= 0.6 is 0 Å². The fraction of sp³-hybridized carbons (Fsp3) is 0.429. The number of rotatable bonds is 3. The largest absolute Gasteiger partial charge is 0.481 e. The minimum absolute atomic E-state index is 0.130. The molecule has 2 heterocycles. The third kappa shape index (κ3) is 3.16. The number of likely N-dealkylation sites (tertiary alicyclic amines) is 1. The molecule has 1 aromatic heterocycles. The van der Waals surface area contributed by atoms with Crippen molar-refractivity contribution in [2.75, 3.05) is 25.5 Å². The van der Waals surface area contributed by atoms with Gasteiger partial charge in [0.05, 0.1) is 18.1 Å². The highest BCUT2D eigenvalue weighted by Gasteiger charge is 2.42. The lowest BCUT2D eigenvalue weighted by Crippen LogP contribution is -2.37. The van der Waals surface area contributed by atoms with E-state index >= 15 is 0 Å². The highest BCUT2D eigenvalue weighted by atomic mass is 16.5. The maximum Gasteiger partial charge on any atom is 0.338 e. The number of pyridine rings is 1. The molecule has 1 atom stereocenters. The molecule has 0 bridgehead atoms. The van der Waals surface area contributed by atoms with Crippen molar-refractivity contribution in [3.05, 3.63) is 23.9 Å². The molecule has 2 N–H and O–H groups in total. The first-order valence-corrected chi connectivity index (χ1v) is 6.69. The van der Waals surface area contributed by atoms with E-state index in [1.165, 1.54) is 30.3 Å². The summed E-state index contributed by atoms with van der Waals surface area (Å²) in [5.74, 6) is -1.25. The molecule has 1 fully saturated rings. The van der Waals surface area contributed by atoms with Gasteiger partial charge in [-0.15, -0.1) is 0 Å². The Bertz CT molecular complexity index is 618. The Hall–Kier alpha value is -2.64. The molecule has 1 aliphatic rings. The van der Waals surface area contributed by atoms with Crippen molar-refractivity contribution >= 4 is 23.8 Å². The molecular formula is C14H17N3O5. The summed E-state index contributed by atoms with van der Waals surface area (Å²) >= 11 is 0. The second-order valence-electron chi connectivity index (χ2n) is 5.39. The Balaban J connectivity index is 2.04. The fourth-order valence-electron chi connectivity index (χ4n) is 2.24. The number of aliphatic carboxylic acids is 1. The van der Waals surface area contributed by atoms with Gasteiger partial charge in [0.1, 0.15) is 5.82 Å². The number of hydrogen-bond donors (Lipinski definition) is 2. The summed E-state index contributed by atoms with van der Waals surface area (Å²) in [4.78, 5) is 40.1. The molecule has 2 amide bonds. The quantitative estimate of drug-likeness (QED) is 0.812. The van der Waals surface area contributed by atoms with Gasteiger partial charge in [0.25, 0.3) is 0 Å². The number of aromatic nitrogens is 1. The number of carbonyl (C=O) groups is 3. The summed E-state index contributed by atoms with van der Waals surface area (Å²) in [6, 6.07) is 2.43. The molecule has 22 heavy (non-hydrogen) atoms. The number of hydrogen-bond acceptors (Lipinski definition) is 5. The van der Waals surface area contributed by atoms with E-state index in [0.29, 0.717) is 13.0 Å². The lowest BCUT2D eigenvalue weighted by Gasteiger charge is -2.20. The number of esters is 1. The van der Waals surface area contributed by atoms with Crippen LogP contribution in [0.3, 0.4) is 0 Å². The molecule has 8 heteroatoms. The molecule has 2 rings (SSSR count). The van der Waals surface area contributed by atoms with Crippen molar-refractivity contribution < 1.29 is 24.2 Å². The average Bonchev–Trinajstić information content (AvgIpc) is 2.91. The molecule has 0 aliphatic carbocycles. The van der Waals surface area contributed by atoms with Crippen LogP contribution < -0.4 is 5.32 Å². The fourth-order valence-corrected chi connectivity index (χ4v) is 2.24. The number of carboxylic acid groups (broad SMARTS) is 1. The normalized spacial score (nSPS) is 20.5. The van der Waals surface area contributed by atoms with Gasteiger partial charge < -0.3 is 14.7 Å². The van der Waals surface area contributed by atoms with Crippen LogP contribution in [0.1, 0.15) is 23.7 Å². The maximum atomic E-state index is 12.1. The average molecular weight is 307 g/mol. The van der Waals surface area contributed by atoms with E-state index in [4.69, 9.17) is 5.11 Å². The molecule has 1 unspecified atom stereocenters. The topological polar surface area (TPSA) is 109 Å². The van der Waals surface area contributed by atoms with Crippen molar-refractivity contribution in [1.82, 2.24) is 9.88 Å². The van der Waals surface area contributed by atoms with Crippen LogP contribution in [0.15, 0.2) is 18.3 Å². The summed E-state index contributed by atoms with van der Waals surface area (Å²) in [6.07, 6.45) is 1.78. The van der Waals surface area contributed by atoms with Gasteiger partial charge in [0, 0.05) is 19.3 Å². The number of ether oxygens (including phenoxy) is 1. The zero-order chi connectivity index (χ0) is 16.3.